The van der Waals surface area contributed by atoms with E-state index in [4.69, 9.17) is 9.57 Å². The van der Waals surface area contributed by atoms with Crippen LogP contribution in [0.15, 0.2) is 30.4 Å². The zero-order chi connectivity index (χ0) is 26.6. The Morgan fingerprint density at radius 1 is 0.946 bits per heavy atom. The van der Waals surface area contributed by atoms with Gasteiger partial charge in [0.25, 0.3) is 0 Å². The SMILES string of the molecule is CCCCCCCCCC(=O)n1nc(N2CCN(OC(=O)/C=C\C(=O)OCC)CC2)c2ccc(F)cc21. The number of aromatic nitrogens is 2. The Balaban J connectivity index is 1.59. The topological polar surface area (TPSA) is 94.0 Å². The fourth-order valence-corrected chi connectivity index (χ4v) is 4.31. The molecule has 0 aliphatic carbocycles. The average Bonchev–Trinajstić information content (AvgIpc) is 3.26. The van der Waals surface area contributed by atoms with Gasteiger partial charge in [-0.3, -0.25) is 4.79 Å². The quantitative estimate of drug-likeness (QED) is 0.216. The number of benzene rings is 1. The number of ether oxygens (including phenoxy) is 1. The van der Waals surface area contributed by atoms with Crippen molar-refractivity contribution in [2.24, 2.45) is 0 Å². The van der Waals surface area contributed by atoms with Crippen molar-refractivity contribution in [1.29, 1.82) is 0 Å². The summed E-state index contributed by atoms with van der Waals surface area (Å²) in [6.07, 6.45) is 10.2. The summed E-state index contributed by atoms with van der Waals surface area (Å²) in [6.45, 7) is 5.88. The van der Waals surface area contributed by atoms with Gasteiger partial charge in [-0.2, -0.15) is 4.68 Å². The summed E-state index contributed by atoms with van der Waals surface area (Å²) in [6, 6.07) is 4.37. The summed E-state index contributed by atoms with van der Waals surface area (Å²) < 4.78 is 20.1. The monoisotopic (exact) mass is 516 g/mol. The van der Waals surface area contributed by atoms with Crippen LogP contribution in [0.5, 0.6) is 0 Å². The first-order valence-corrected chi connectivity index (χ1v) is 13.2. The standard InChI is InChI=1S/C27H37FN4O5/c1-3-5-6-7-8-9-10-11-24(33)32-23-20-21(28)12-13-22(23)27(29-32)30-16-18-31(19-17-30)37-26(35)15-14-25(34)36-4-2/h12-15,20H,3-11,16-19H2,1-2H3/b15-14-. The minimum absolute atomic E-state index is 0.142. The first kappa shape index (κ1) is 28.3. The van der Waals surface area contributed by atoms with Crippen molar-refractivity contribution in [3.63, 3.8) is 0 Å². The van der Waals surface area contributed by atoms with E-state index < -0.39 is 17.8 Å². The van der Waals surface area contributed by atoms with Crippen LogP contribution in [-0.2, 0) is 19.2 Å². The molecule has 2 aromatic rings. The summed E-state index contributed by atoms with van der Waals surface area (Å²) in [5.41, 5.74) is 0.459. The number of anilines is 1. The second-order valence-corrected chi connectivity index (χ2v) is 9.07. The number of carbonyl (C=O) groups is 3. The lowest BCUT2D eigenvalue weighted by molar-refractivity contribution is -0.185. The number of piperazine rings is 1. The molecule has 0 atom stereocenters. The molecule has 3 rings (SSSR count). The molecule has 0 N–H and O–H groups in total. The van der Waals surface area contributed by atoms with Gasteiger partial charge in [0.15, 0.2) is 5.82 Å². The molecule has 1 fully saturated rings. The Hall–Kier alpha value is -3.27. The maximum atomic E-state index is 14.1. The van der Waals surface area contributed by atoms with Gasteiger partial charge >= 0.3 is 11.9 Å². The minimum Gasteiger partial charge on any atom is -0.463 e. The van der Waals surface area contributed by atoms with Crippen molar-refractivity contribution < 1.29 is 28.3 Å². The van der Waals surface area contributed by atoms with E-state index in [1.807, 2.05) is 4.90 Å². The lowest BCUT2D eigenvalue weighted by atomic mass is 10.1. The molecule has 2 heterocycles. The molecule has 9 nitrogen and oxygen atoms in total. The Labute approximate surface area is 217 Å². The smallest absolute Gasteiger partial charge is 0.349 e. The molecule has 0 amide bonds. The maximum Gasteiger partial charge on any atom is 0.349 e. The lowest BCUT2D eigenvalue weighted by Gasteiger charge is -2.33. The highest BCUT2D eigenvalue weighted by Gasteiger charge is 2.25. The number of esters is 1. The molecule has 202 valence electrons. The second-order valence-electron chi connectivity index (χ2n) is 9.07. The van der Waals surface area contributed by atoms with Crippen LogP contribution in [0.1, 0.15) is 70.0 Å². The number of rotatable bonds is 13. The number of hydrogen-bond donors (Lipinski definition) is 0. The lowest BCUT2D eigenvalue weighted by Crippen LogP contribution is -2.47. The van der Waals surface area contributed by atoms with Crippen LogP contribution in [0.2, 0.25) is 0 Å². The third-order valence-corrected chi connectivity index (χ3v) is 6.25. The van der Waals surface area contributed by atoms with Gasteiger partial charge in [-0.05, 0) is 25.5 Å². The van der Waals surface area contributed by atoms with Crippen LogP contribution < -0.4 is 4.90 Å². The van der Waals surface area contributed by atoms with Crippen LogP contribution in [0.3, 0.4) is 0 Å². The first-order chi connectivity index (χ1) is 17.9. The third-order valence-electron chi connectivity index (χ3n) is 6.25. The number of hydrogen-bond acceptors (Lipinski definition) is 8. The van der Waals surface area contributed by atoms with Gasteiger partial charge in [-0.15, -0.1) is 10.2 Å². The number of halogens is 1. The molecular formula is C27H37FN4O5. The molecule has 1 aromatic heterocycles. The van der Waals surface area contributed by atoms with E-state index in [9.17, 15) is 18.8 Å². The van der Waals surface area contributed by atoms with Gasteiger partial charge in [-0.1, -0.05) is 45.4 Å². The summed E-state index contributed by atoms with van der Waals surface area (Å²) in [5, 5.41) is 6.80. The van der Waals surface area contributed by atoms with E-state index in [-0.39, 0.29) is 12.5 Å². The Morgan fingerprint density at radius 3 is 2.32 bits per heavy atom. The van der Waals surface area contributed by atoms with E-state index >= 15 is 0 Å². The molecule has 0 saturated carbocycles. The van der Waals surface area contributed by atoms with Gasteiger partial charge < -0.3 is 14.5 Å². The molecule has 1 aliphatic heterocycles. The van der Waals surface area contributed by atoms with Crippen LogP contribution in [0.25, 0.3) is 10.9 Å². The minimum atomic E-state index is -0.664. The number of nitrogens with zero attached hydrogens (tertiary/aromatic N) is 4. The number of unbranched alkanes of at least 4 members (excludes halogenated alkanes) is 6. The van der Waals surface area contributed by atoms with Crippen LogP contribution in [-0.4, -0.2) is 65.5 Å². The predicted octanol–water partition coefficient (Wildman–Crippen LogP) is 4.66. The van der Waals surface area contributed by atoms with E-state index in [0.717, 1.165) is 31.4 Å². The molecule has 0 spiro atoms. The van der Waals surface area contributed by atoms with Crippen molar-refractivity contribution in [2.75, 3.05) is 37.7 Å². The molecule has 10 heteroatoms. The highest BCUT2D eigenvalue weighted by Crippen LogP contribution is 2.28. The molecule has 1 aliphatic rings. The van der Waals surface area contributed by atoms with Crippen molar-refractivity contribution in [2.45, 2.75) is 65.2 Å². The second kappa shape index (κ2) is 14.5. The fourth-order valence-electron chi connectivity index (χ4n) is 4.31. The summed E-state index contributed by atoms with van der Waals surface area (Å²) in [5.74, 6) is -1.23. The number of hydroxylamine groups is 2. The van der Waals surface area contributed by atoms with Gasteiger partial charge in [0.2, 0.25) is 5.91 Å². The Kier molecular flexibility index (Phi) is 11.1. The largest absolute Gasteiger partial charge is 0.463 e. The average molecular weight is 517 g/mol. The highest BCUT2D eigenvalue weighted by atomic mass is 19.1. The van der Waals surface area contributed by atoms with Crippen LogP contribution in [0.4, 0.5) is 10.2 Å². The van der Waals surface area contributed by atoms with E-state index in [1.165, 1.54) is 47.6 Å². The van der Waals surface area contributed by atoms with Crippen molar-refractivity contribution in [3.05, 3.63) is 36.2 Å². The van der Waals surface area contributed by atoms with Gasteiger partial charge in [0, 0.05) is 43.1 Å². The molecule has 1 aromatic carbocycles. The number of carbonyl (C=O) groups excluding carboxylic acids is 3. The van der Waals surface area contributed by atoms with Crippen LogP contribution >= 0.6 is 0 Å². The Bertz CT molecular complexity index is 1090. The fraction of sp³-hybridized carbons (Fsp3) is 0.556. The number of fused-ring (bicyclic) bond motifs is 1. The zero-order valence-electron chi connectivity index (χ0n) is 21.8. The molecule has 1 saturated heterocycles. The third kappa shape index (κ3) is 8.38. The molecular weight excluding hydrogens is 479 g/mol. The first-order valence-electron chi connectivity index (χ1n) is 13.2. The highest BCUT2D eigenvalue weighted by molar-refractivity contribution is 5.97. The molecule has 37 heavy (non-hydrogen) atoms. The van der Waals surface area contributed by atoms with Crippen molar-refractivity contribution >= 4 is 34.6 Å². The van der Waals surface area contributed by atoms with Crippen molar-refractivity contribution in [3.8, 4) is 0 Å². The van der Waals surface area contributed by atoms with Crippen molar-refractivity contribution in [1.82, 2.24) is 14.8 Å². The van der Waals surface area contributed by atoms with Gasteiger partial charge in [0.05, 0.1) is 25.2 Å². The molecule has 0 radical (unpaired) electrons. The van der Waals surface area contributed by atoms with E-state index in [1.54, 1.807) is 13.0 Å². The van der Waals surface area contributed by atoms with Gasteiger partial charge in [0.1, 0.15) is 5.82 Å². The van der Waals surface area contributed by atoms with E-state index in [2.05, 4.69) is 12.0 Å². The predicted molar refractivity (Wildman–Crippen MR) is 139 cm³/mol. The molecule has 0 bridgehead atoms. The Morgan fingerprint density at radius 2 is 1.62 bits per heavy atom. The molecule has 0 unspecified atom stereocenters. The zero-order valence-corrected chi connectivity index (χ0v) is 21.8. The maximum absolute atomic E-state index is 14.1. The van der Waals surface area contributed by atoms with E-state index in [0.29, 0.717) is 49.3 Å². The summed E-state index contributed by atoms with van der Waals surface area (Å²) >= 11 is 0. The summed E-state index contributed by atoms with van der Waals surface area (Å²) in [4.78, 5) is 43.6. The summed E-state index contributed by atoms with van der Waals surface area (Å²) in [7, 11) is 0. The van der Waals surface area contributed by atoms with Gasteiger partial charge in [-0.25, -0.2) is 14.0 Å². The van der Waals surface area contributed by atoms with Crippen LogP contribution in [0, 0.1) is 5.82 Å². The normalized spacial score (nSPS) is 14.4.